The van der Waals surface area contributed by atoms with Gasteiger partial charge in [0.2, 0.25) is 5.91 Å². The summed E-state index contributed by atoms with van der Waals surface area (Å²) in [5, 5.41) is 12.1. The van der Waals surface area contributed by atoms with Crippen molar-refractivity contribution < 1.29 is 14.0 Å². The van der Waals surface area contributed by atoms with E-state index in [1.165, 1.54) is 18.2 Å². The Morgan fingerprint density at radius 3 is 2.48 bits per heavy atom. The zero-order valence-corrected chi connectivity index (χ0v) is 14.6. The summed E-state index contributed by atoms with van der Waals surface area (Å²) in [5.41, 5.74) is 0.680. The van der Waals surface area contributed by atoms with E-state index >= 15 is 0 Å². The summed E-state index contributed by atoms with van der Waals surface area (Å²) >= 11 is 0. The minimum absolute atomic E-state index is 0.116. The lowest BCUT2D eigenvalue weighted by molar-refractivity contribution is -0.120. The van der Waals surface area contributed by atoms with Gasteiger partial charge < -0.3 is 10.6 Å². The molecule has 3 rings (SSSR count). The molecule has 3 aromatic rings. The molecule has 3 N–H and O–H groups in total. The molecule has 0 aliphatic rings. The number of amides is 2. The molecule has 2 amide bonds. The smallest absolute Gasteiger partial charge is 0.254 e. The molecule has 1 aromatic heterocycles. The molecule has 0 aliphatic carbocycles. The summed E-state index contributed by atoms with van der Waals surface area (Å²) in [6, 6.07) is 14.2. The van der Waals surface area contributed by atoms with Crippen LogP contribution < -0.4 is 10.6 Å². The first-order valence-electron chi connectivity index (χ1n) is 8.30. The van der Waals surface area contributed by atoms with Crippen LogP contribution in [0.1, 0.15) is 33.6 Å². The monoisotopic (exact) mass is 367 g/mol. The second kappa shape index (κ2) is 8.22. The van der Waals surface area contributed by atoms with Crippen molar-refractivity contribution in [2.45, 2.75) is 13.0 Å². The van der Waals surface area contributed by atoms with Gasteiger partial charge in [-0.05, 0) is 24.6 Å². The van der Waals surface area contributed by atoms with Gasteiger partial charge >= 0.3 is 0 Å². The number of hydrogen-bond acceptors (Lipinski definition) is 4. The zero-order valence-electron chi connectivity index (χ0n) is 14.6. The third kappa shape index (κ3) is 4.55. The van der Waals surface area contributed by atoms with Crippen molar-refractivity contribution in [1.29, 1.82) is 0 Å². The Balaban J connectivity index is 1.68. The van der Waals surface area contributed by atoms with Crippen LogP contribution in [0.2, 0.25) is 0 Å². The lowest BCUT2D eigenvalue weighted by Crippen LogP contribution is -2.39. The van der Waals surface area contributed by atoms with Gasteiger partial charge in [-0.15, -0.1) is 0 Å². The Kier molecular flexibility index (Phi) is 5.55. The number of aryl methyl sites for hydroxylation is 1. The highest BCUT2D eigenvalue weighted by Gasteiger charge is 2.21. The van der Waals surface area contributed by atoms with Gasteiger partial charge in [-0.1, -0.05) is 42.5 Å². The van der Waals surface area contributed by atoms with E-state index in [9.17, 15) is 14.0 Å². The number of aromatic nitrogens is 3. The standard InChI is InChI=1S/C19H18FN5O2/c1-12-22-18(25-24-12)17(13-7-3-2-4-8-13)23-16(26)11-21-19(27)14-9-5-6-10-15(14)20/h2-10,17H,11H2,1H3,(H,21,27)(H,23,26)(H,22,24,25). The topological polar surface area (TPSA) is 99.8 Å². The summed E-state index contributed by atoms with van der Waals surface area (Å²) in [5.74, 6) is -0.724. The first-order valence-corrected chi connectivity index (χ1v) is 8.30. The molecular formula is C19H18FN5O2. The van der Waals surface area contributed by atoms with Crippen LogP contribution in [0.15, 0.2) is 54.6 Å². The number of carbonyl (C=O) groups excluding carboxylic acids is 2. The summed E-state index contributed by atoms with van der Waals surface area (Å²) in [6.07, 6.45) is 0. The molecule has 0 aliphatic heterocycles. The summed E-state index contributed by atoms with van der Waals surface area (Å²) in [7, 11) is 0. The molecular weight excluding hydrogens is 349 g/mol. The number of nitrogens with one attached hydrogen (secondary N) is 3. The Morgan fingerprint density at radius 2 is 1.81 bits per heavy atom. The van der Waals surface area contributed by atoms with Crippen LogP contribution in [-0.4, -0.2) is 33.5 Å². The van der Waals surface area contributed by atoms with Crippen molar-refractivity contribution >= 4 is 11.8 Å². The number of rotatable bonds is 6. The SMILES string of the molecule is Cc1nc(C(NC(=O)CNC(=O)c2ccccc2F)c2ccccc2)n[nH]1. The molecule has 1 heterocycles. The van der Waals surface area contributed by atoms with Crippen molar-refractivity contribution in [3.8, 4) is 0 Å². The molecule has 2 aromatic carbocycles. The third-order valence-corrected chi connectivity index (χ3v) is 3.84. The fourth-order valence-electron chi connectivity index (χ4n) is 2.54. The Hall–Kier alpha value is -3.55. The number of halogens is 1. The fourth-order valence-corrected chi connectivity index (χ4v) is 2.54. The van der Waals surface area contributed by atoms with E-state index < -0.39 is 23.7 Å². The zero-order chi connectivity index (χ0) is 19.2. The van der Waals surface area contributed by atoms with Crippen molar-refractivity contribution in [1.82, 2.24) is 25.8 Å². The third-order valence-electron chi connectivity index (χ3n) is 3.84. The van der Waals surface area contributed by atoms with Crippen LogP contribution in [0, 0.1) is 12.7 Å². The summed E-state index contributed by atoms with van der Waals surface area (Å²) in [4.78, 5) is 28.7. The average Bonchev–Trinajstić information content (AvgIpc) is 3.11. The molecule has 0 fully saturated rings. The summed E-state index contributed by atoms with van der Waals surface area (Å²) < 4.78 is 13.6. The fraction of sp³-hybridized carbons (Fsp3) is 0.158. The number of aromatic amines is 1. The van der Waals surface area contributed by atoms with E-state index in [0.717, 1.165) is 5.56 Å². The number of carbonyl (C=O) groups is 2. The molecule has 0 radical (unpaired) electrons. The molecule has 1 atom stereocenters. The van der Waals surface area contributed by atoms with E-state index in [1.54, 1.807) is 13.0 Å². The van der Waals surface area contributed by atoms with Crippen LogP contribution in [-0.2, 0) is 4.79 Å². The van der Waals surface area contributed by atoms with Crippen LogP contribution in [0.25, 0.3) is 0 Å². The average molecular weight is 367 g/mol. The normalized spacial score (nSPS) is 11.6. The van der Waals surface area contributed by atoms with Crippen LogP contribution in [0.4, 0.5) is 4.39 Å². The van der Waals surface area contributed by atoms with Crippen LogP contribution in [0.5, 0.6) is 0 Å². The predicted octanol–water partition coefficient (Wildman–Crippen LogP) is 1.89. The van der Waals surface area contributed by atoms with Gasteiger partial charge in [-0.25, -0.2) is 9.37 Å². The van der Waals surface area contributed by atoms with Crippen LogP contribution >= 0.6 is 0 Å². The molecule has 27 heavy (non-hydrogen) atoms. The minimum Gasteiger partial charge on any atom is -0.343 e. The van der Waals surface area contributed by atoms with Gasteiger partial charge in [0.15, 0.2) is 5.82 Å². The van der Waals surface area contributed by atoms with Crippen molar-refractivity contribution in [2.75, 3.05) is 6.54 Å². The number of hydrogen-bond donors (Lipinski definition) is 3. The maximum absolute atomic E-state index is 13.6. The molecule has 0 bridgehead atoms. The predicted molar refractivity (Wildman–Crippen MR) is 96.3 cm³/mol. The first-order chi connectivity index (χ1) is 13.0. The second-order valence-corrected chi connectivity index (χ2v) is 5.85. The highest BCUT2D eigenvalue weighted by Crippen LogP contribution is 2.18. The largest absolute Gasteiger partial charge is 0.343 e. The van der Waals surface area contributed by atoms with Crippen LogP contribution in [0.3, 0.4) is 0 Å². The van der Waals surface area contributed by atoms with Gasteiger partial charge in [0.25, 0.3) is 5.91 Å². The van der Waals surface area contributed by atoms with Gasteiger partial charge in [-0.2, -0.15) is 5.10 Å². The molecule has 138 valence electrons. The molecule has 0 spiro atoms. The van der Waals surface area contributed by atoms with Gasteiger partial charge in [0.05, 0.1) is 12.1 Å². The van der Waals surface area contributed by atoms with E-state index in [4.69, 9.17) is 0 Å². The highest BCUT2D eigenvalue weighted by molar-refractivity contribution is 5.96. The van der Waals surface area contributed by atoms with E-state index in [2.05, 4.69) is 25.8 Å². The minimum atomic E-state index is -0.659. The van der Waals surface area contributed by atoms with Gasteiger partial charge in [-0.3, -0.25) is 14.7 Å². The lowest BCUT2D eigenvalue weighted by atomic mass is 10.1. The number of benzene rings is 2. The Bertz CT molecular complexity index is 942. The lowest BCUT2D eigenvalue weighted by Gasteiger charge is -2.16. The maximum Gasteiger partial charge on any atom is 0.254 e. The van der Waals surface area contributed by atoms with Crippen molar-refractivity contribution in [3.63, 3.8) is 0 Å². The quantitative estimate of drug-likeness (QED) is 0.619. The molecule has 0 saturated carbocycles. The molecule has 8 heteroatoms. The molecule has 0 saturated heterocycles. The second-order valence-electron chi connectivity index (χ2n) is 5.85. The number of nitrogens with zero attached hydrogens (tertiary/aromatic N) is 2. The van der Waals surface area contributed by atoms with Crippen molar-refractivity contribution in [2.24, 2.45) is 0 Å². The number of H-pyrrole nitrogens is 1. The van der Waals surface area contributed by atoms with Crippen molar-refractivity contribution in [3.05, 3.63) is 83.2 Å². The summed E-state index contributed by atoms with van der Waals surface area (Å²) in [6.45, 7) is 1.45. The molecule has 1 unspecified atom stereocenters. The molecule has 7 nitrogen and oxygen atoms in total. The Morgan fingerprint density at radius 1 is 1.11 bits per heavy atom. The highest BCUT2D eigenvalue weighted by atomic mass is 19.1. The van der Waals surface area contributed by atoms with Gasteiger partial charge in [0, 0.05) is 0 Å². The maximum atomic E-state index is 13.6. The van der Waals surface area contributed by atoms with E-state index in [-0.39, 0.29) is 12.1 Å². The van der Waals surface area contributed by atoms with Gasteiger partial charge in [0.1, 0.15) is 17.7 Å². The van der Waals surface area contributed by atoms with E-state index in [1.807, 2.05) is 30.3 Å². The Labute approximate surface area is 155 Å². The first kappa shape index (κ1) is 18.2. The van der Waals surface area contributed by atoms with E-state index in [0.29, 0.717) is 11.6 Å².